The fourth-order valence-electron chi connectivity index (χ4n) is 4.24. The maximum Gasteiger partial charge on any atom is 0.245 e. The zero-order valence-corrected chi connectivity index (χ0v) is 17.1. The van der Waals surface area contributed by atoms with Crippen LogP contribution in [0.2, 0.25) is 0 Å². The fourth-order valence-corrected chi connectivity index (χ4v) is 4.24. The van der Waals surface area contributed by atoms with Gasteiger partial charge in [-0.1, -0.05) is 63.4 Å². The Labute approximate surface area is 163 Å². The molecule has 0 aliphatic heterocycles. The third kappa shape index (κ3) is 6.06. The number of nitrogens with zero attached hydrogens (tertiary/aromatic N) is 1. The summed E-state index contributed by atoms with van der Waals surface area (Å²) in [7, 11) is 0. The second-order valence-corrected chi connectivity index (χ2v) is 7.60. The highest BCUT2D eigenvalue weighted by molar-refractivity contribution is 5.91. The number of carbonyl (C=O) groups is 2. The third-order valence-corrected chi connectivity index (χ3v) is 5.70. The summed E-state index contributed by atoms with van der Waals surface area (Å²) in [5, 5.41) is 6.13. The van der Waals surface area contributed by atoms with Gasteiger partial charge in [-0.25, -0.2) is 0 Å². The van der Waals surface area contributed by atoms with E-state index in [9.17, 15) is 9.59 Å². The number of hydrogen-bond acceptors (Lipinski definition) is 3. The number of benzene rings is 1. The molecule has 5 heteroatoms. The number of nitrogens with one attached hydrogen (secondary N) is 2. The van der Waals surface area contributed by atoms with Gasteiger partial charge in [-0.05, 0) is 37.9 Å². The molecule has 0 bridgehead atoms. The van der Waals surface area contributed by atoms with Crippen molar-refractivity contribution in [2.45, 2.75) is 70.9 Å². The van der Waals surface area contributed by atoms with E-state index >= 15 is 0 Å². The molecule has 1 fully saturated rings. The van der Waals surface area contributed by atoms with Gasteiger partial charge in [0, 0.05) is 19.5 Å². The molecule has 1 aliphatic carbocycles. The van der Waals surface area contributed by atoms with Crippen LogP contribution in [0.15, 0.2) is 30.3 Å². The summed E-state index contributed by atoms with van der Waals surface area (Å²) in [5.41, 5.74) is 0.544. The first-order chi connectivity index (χ1) is 13.0. The molecular formula is C22H35N3O2. The molecular weight excluding hydrogens is 338 g/mol. The Kier molecular flexibility index (Phi) is 8.29. The van der Waals surface area contributed by atoms with Gasteiger partial charge in [0.1, 0.15) is 5.54 Å². The first-order valence-corrected chi connectivity index (χ1v) is 10.4. The van der Waals surface area contributed by atoms with Crippen LogP contribution in [-0.4, -0.2) is 47.9 Å². The van der Waals surface area contributed by atoms with E-state index < -0.39 is 5.54 Å². The summed E-state index contributed by atoms with van der Waals surface area (Å²) >= 11 is 0. The van der Waals surface area contributed by atoms with Gasteiger partial charge in [-0.3, -0.25) is 14.5 Å². The zero-order chi connectivity index (χ0) is 19.7. The molecule has 0 radical (unpaired) electrons. The van der Waals surface area contributed by atoms with Gasteiger partial charge >= 0.3 is 0 Å². The van der Waals surface area contributed by atoms with Crippen LogP contribution in [0.4, 0.5) is 0 Å². The van der Waals surface area contributed by atoms with Crippen molar-refractivity contribution in [3.05, 3.63) is 35.9 Å². The molecule has 1 aliphatic rings. The lowest BCUT2D eigenvalue weighted by Gasteiger charge is -2.37. The van der Waals surface area contributed by atoms with Gasteiger partial charge in [0.25, 0.3) is 0 Å². The van der Waals surface area contributed by atoms with Crippen LogP contribution in [0.5, 0.6) is 0 Å². The molecule has 1 aromatic carbocycles. The predicted octanol–water partition coefficient (Wildman–Crippen LogP) is 2.89. The predicted molar refractivity (Wildman–Crippen MR) is 109 cm³/mol. The molecule has 0 aromatic heterocycles. The van der Waals surface area contributed by atoms with Crippen LogP contribution in [0.3, 0.4) is 0 Å². The summed E-state index contributed by atoms with van der Waals surface area (Å²) in [5.74, 6) is -0.153. The maximum atomic E-state index is 13.1. The van der Waals surface area contributed by atoms with E-state index in [1.807, 2.05) is 6.07 Å². The Morgan fingerprint density at radius 2 is 1.70 bits per heavy atom. The zero-order valence-electron chi connectivity index (χ0n) is 17.1. The van der Waals surface area contributed by atoms with Gasteiger partial charge in [-0.15, -0.1) is 0 Å². The molecule has 0 saturated heterocycles. The maximum absolute atomic E-state index is 13.1. The minimum Gasteiger partial charge on any atom is -0.352 e. The molecule has 2 amide bonds. The molecule has 2 N–H and O–H groups in total. The van der Waals surface area contributed by atoms with Crippen LogP contribution in [0, 0.1) is 0 Å². The highest BCUT2D eigenvalue weighted by Gasteiger charge is 2.40. The van der Waals surface area contributed by atoms with Gasteiger partial charge in [0.2, 0.25) is 11.8 Å². The second kappa shape index (κ2) is 10.5. The van der Waals surface area contributed by atoms with Crippen molar-refractivity contribution >= 4 is 11.8 Å². The number of carbonyl (C=O) groups excluding carboxylic acids is 2. The fraction of sp³-hybridized carbons (Fsp3) is 0.636. The van der Waals surface area contributed by atoms with Gasteiger partial charge in [-0.2, -0.15) is 0 Å². The number of likely N-dealkylation sites (N-methyl/N-ethyl adjacent to an activating group) is 1. The SMILES string of the molecule is CCN(CC)C(CNC(=O)C1(NC(C)=O)CCCCC1)Cc1ccccc1. The second-order valence-electron chi connectivity index (χ2n) is 7.60. The Morgan fingerprint density at radius 3 is 2.26 bits per heavy atom. The van der Waals surface area contributed by atoms with Crippen molar-refractivity contribution < 1.29 is 9.59 Å². The van der Waals surface area contributed by atoms with E-state index in [0.717, 1.165) is 51.6 Å². The summed E-state index contributed by atoms with van der Waals surface area (Å²) in [6, 6.07) is 10.7. The van der Waals surface area contributed by atoms with Crippen LogP contribution < -0.4 is 10.6 Å². The van der Waals surface area contributed by atoms with Crippen molar-refractivity contribution in [2.75, 3.05) is 19.6 Å². The minimum absolute atomic E-state index is 0.0254. The average Bonchev–Trinajstić information content (AvgIpc) is 2.67. The molecule has 1 saturated carbocycles. The summed E-state index contributed by atoms with van der Waals surface area (Å²) < 4.78 is 0. The lowest BCUT2D eigenvalue weighted by molar-refractivity contribution is -0.134. The first-order valence-electron chi connectivity index (χ1n) is 10.4. The quantitative estimate of drug-likeness (QED) is 0.700. The molecule has 5 nitrogen and oxygen atoms in total. The summed E-state index contributed by atoms with van der Waals surface area (Å²) in [6.45, 7) is 8.29. The van der Waals surface area contributed by atoms with Crippen molar-refractivity contribution in [1.82, 2.24) is 15.5 Å². The highest BCUT2D eigenvalue weighted by Crippen LogP contribution is 2.28. The van der Waals surface area contributed by atoms with E-state index in [2.05, 4.69) is 53.6 Å². The van der Waals surface area contributed by atoms with Crippen molar-refractivity contribution in [3.8, 4) is 0 Å². The number of rotatable bonds is 9. The Hall–Kier alpha value is -1.88. The van der Waals surface area contributed by atoms with Crippen LogP contribution >= 0.6 is 0 Å². The largest absolute Gasteiger partial charge is 0.352 e. The average molecular weight is 374 g/mol. The van der Waals surface area contributed by atoms with E-state index in [-0.39, 0.29) is 17.9 Å². The third-order valence-electron chi connectivity index (χ3n) is 5.70. The molecule has 1 aromatic rings. The van der Waals surface area contributed by atoms with Crippen molar-refractivity contribution in [2.24, 2.45) is 0 Å². The van der Waals surface area contributed by atoms with Crippen molar-refractivity contribution in [1.29, 1.82) is 0 Å². The molecule has 0 heterocycles. The number of hydrogen-bond donors (Lipinski definition) is 2. The van der Waals surface area contributed by atoms with Gasteiger partial charge in [0.15, 0.2) is 0 Å². The van der Waals surface area contributed by atoms with Crippen LogP contribution in [-0.2, 0) is 16.0 Å². The van der Waals surface area contributed by atoms with E-state index in [1.54, 1.807) is 0 Å². The summed E-state index contributed by atoms with van der Waals surface area (Å²) in [4.78, 5) is 27.2. The van der Waals surface area contributed by atoms with Crippen LogP contribution in [0.25, 0.3) is 0 Å². The Balaban J connectivity index is 2.07. The van der Waals surface area contributed by atoms with Gasteiger partial charge in [0.05, 0.1) is 0 Å². The molecule has 2 rings (SSSR count). The monoisotopic (exact) mass is 373 g/mol. The van der Waals surface area contributed by atoms with E-state index in [1.165, 1.54) is 12.5 Å². The van der Waals surface area contributed by atoms with E-state index in [0.29, 0.717) is 6.54 Å². The van der Waals surface area contributed by atoms with Gasteiger partial charge < -0.3 is 10.6 Å². The van der Waals surface area contributed by atoms with Crippen molar-refractivity contribution in [3.63, 3.8) is 0 Å². The molecule has 27 heavy (non-hydrogen) atoms. The van der Waals surface area contributed by atoms with E-state index in [4.69, 9.17) is 0 Å². The first kappa shape index (κ1) is 21.4. The van der Waals surface area contributed by atoms with Crippen LogP contribution in [0.1, 0.15) is 58.4 Å². The molecule has 150 valence electrons. The molecule has 0 spiro atoms. The molecule has 1 unspecified atom stereocenters. The lowest BCUT2D eigenvalue weighted by atomic mass is 9.80. The topological polar surface area (TPSA) is 61.4 Å². The Morgan fingerprint density at radius 1 is 1.07 bits per heavy atom. The smallest absolute Gasteiger partial charge is 0.245 e. The number of amides is 2. The highest BCUT2D eigenvalue weighted by atomic mass is 16.2. The summed E-state index contributed by atoms with van der Waals surface area (Å²) in [6.07, 6.45) is 5.45. The minimum atomic E-state index is -0.732. The lowest BCUT2D eigenvalue weighted by Crippen LogP contribution is -2.60. The standard InChI is InChI=1S/C22H35N3O2/c1-4-25(5-2)20(16-19-12-8-6-9-13-19)17-23-21(27)22(24-18(3)26)14-10-7-11-15-22/h6,8-9,12-13,20H,4-5,7,10-11,14-17H2,1-3H3,(H,23,27)(H,24,26). The molecule has 1 atom stereocenters. The normalized spacial score (nSPS) is 17.3. The Bertz CT molecular complexity index is 593.